The first kappa shape index (κ1) is 11.0. The summed E-state index contributed by atoms with van der Waals surface area (Å²) in [6.45, 7) is 0.481. The second-order valence-corrected chi connectivity index (χ2v) is 3.51. The van der Waals surface area contributed by atoms with Crippen LogP contribution >= 0.6 is 11.8 Å². The van der Waals surface area contributed by atoms with Gasteiger partial charge in [0.25, 0.3) is 0 Å². The zero-order valence-corrected chi connectivity index (χ0v) is 8.92. The van der Waals surface area contributed by atoms with Crippen LogP contribution in [-0.4, -0.2) is 23.1 Å². The average Bonchev–Trinajstić information content (AvgIpc) is 2.25. The number of aromatic nitrogens is 1. The van der Waals surface area contributed by atoms with E-state index in [-0.39, 0.29) is 5.30 Å². The molecular weight excluding hydrogens is 198 g/mol. The Balaban J connectivity index is 2.13. The Hall–Kier alpha value is -1.03. The van der Waals surface area contributed by atoms with Crippen molar-refractivity contribution < 1.29 is 9.53 Å². The summed E-state index contributed by atoms with van der Waals surface area (Å²) in [5.41, 5.74) is 1.17. The van der Waals surface area contributed by atoms with Crippen molar-refractivity contribution >= 4 is 17.1 Å². The average molecular weight is 211 g/mol. The Bertz CT molecular complexity index is 277. The Morgan fingerprint density at radius 1 is 1.64 bits per heavy atom. The van der Waals surface area contributed by atoms with Gasteiger partial charge in [-0.2, -0.15) is 0 Å². The summed E-state index contributed by atoms with van der Waals surface area (Å²) in [5, 5.41) is -0.212. The standard InChI is InChI=1S/C10H13NO2S/c1-14-10(12)13-7-3-5-9-4-2-6-11-8-9/h2,4,6,8H,3,5,7H2,1H3. The number of carbonyl (C=O) groups is 1. The molecule has 0 aliphatic heterocycles. The van der Waals surface area contributed by atoms with Crippen LogP contribution in [-0.2, 0) is 11.2 Å². The van der Waals surface area contributed by atoms with Crippen molar-refractivity contribution in [2.24, 2.45) is 0 Å². The van der Waals surface area contributed by atoms with Gasteiger partial charge in [-0.1, -0.05) is 6.07 Å². The minimum absolute atomic E-state index is 0.212. The molecule has 0 aliphatic carbocycles. The highest BCUT2D eigenvalue weighted by atomic mass is 32.2. The van der Waals surface area contributed by atoms with Crippen molar-refractivity contribution in [3.63, 3.8) is 0 Å². The first-order valence-corrected chi connectivity index (χ1v) is 5.65. The summed E-state index contributed by atoms with van der Waals surface area (Å²) < 4.78 is 4.92. The normalized spacial score (nSPS) is 9.79. The monoisotopic (exact) mass is 211 g/mol. The summed E-state index contributed by atoms with van der Waals surface area (Å²) in [6, 6.07) is 3.92. The smallest absolute Gasteiger partial charge is 0.367 e. The van der Waals surface area contributed by atoms with Gasteiger partial charge in [0.1, 0.15) is 0 Å². The highest BCUT2D eigenvalue weighted by Gasteiger charge is 1.98. The lowest BCUT2D eigenvalue weighted by molar-refractivity contribution is 0.173. The summed E-state index contributed by atoms with van der Waals surface area (Å²) in [4.78, 5) is 14.8. The summed E-state index contributed by atoms with van der Waals surface area (Å²) in [6.07, 6.45) is 7.03. The Morgan fingerprint density at radius 2 is 2.50 bits per heavy atom. The van der Waals surface area contributed by atoms with E-state index >= 15 is 0 Å². The van der Waals surface area contributed by atoms with E-state index in [0.717, 1.165) is 24.6 Å². The predicted octanol–water partition coefficient (Wildman–Crippen LogP) is 2.51. The number of aryl methyl sites for hydroxylation is 1. The topological polar surface area (TPSA) is 39.2 Å². The molecule has 0 radical (unpaired) electrons. The Kier molecular flexibility index (Phi) is 5.07. The maximum absolute atomic E-state index is 10.8. The van der Waals surface area contributed by atoms with E-state index in [9.17, 15) is 4.79 Å². The molecule has 3 nitrogen and oxygen atoms in total. The van der Waals surface area contributed by atoms with Gasteiger partial charge in [-0.3, -0.25) is 4.98 Å². The van der Waals surface area contributed by atoms with Crippen LogP contribution in [0.2, 0.25) is 0 Å². The van der Waals surface area contributed by atoms with Crippen molar-refractivity contribution in [1.82, 2.24) is 4.98 Å². The number of hydrogen-bond acceptors (Lipinski definition) is 4. The molecule has 1 heterocycles. The highest BCUT2D eigenvalue weighted by molar-refractivity contribution is 8.12. The SMILES string of the molecule is CSC(=O)OCCCc1cccnc1. The molecule has 0 unspecified atom stereocenters. The van der Waals surface area contributed by atoms with Gasteiger partial charge >= 0.3 is 5.30 Å². The van der Waals surface area contributed by atoms with Gasteiger partial charge in [-0.05, 0) is 42.5 Å². The summed E-state index contributed by atoms with van der Waals surface area (Å²) in [7, 11) is 0. The van der Waals surface area contributed by atoms with E-state index in [4.69, 9.17) is 4.74 Å². The number of rotatable bonds is 4. The lowest BCUT2D eigenvalue weighted by Gasteiger charge is -2.02. The van der Waals surface area contributed by atoms with Crippen LogP contribution in [0.1, 0.15) is 12.0 Å². The number of carbonyl (C=O) groups excluding carboxylic acids is 1. The largest absolute Gasteiger partial charge is 0.458 e. The molecule has 1 rings (SSSR count). The Labute approximate surface area is 87.9 Å². The molecular formula is C10H13NO2S. The van der Waals surface area contributed by atoms with Crippen LogP contribution < -0.4 is 0 Å². The highest BCUT2D eigenvalue weighted by Crippen LogP contribution is 2.03. The molecule has 14 heavy (non-hydrogen) atoms. The third-order valence-corrected chi connectivity index (χ3v) is 2.17. The molecule has 76 valence electrons. The molecule has 0 fully saturated rings. The van der Waals surface area contributed by atoms with Crippen molar-refractivity contribution in [1.29, 1.82) is 0 Å². The second-order valence-electron chi connectivity index (χ2n) is 2.77. The van der Waals surface area contributed by atoms with E-state index in [2.05, 4.69) is 4.98 Å². The zero-order chi connectivity index (χ0) is 10.2. The third kappa shape index (κ3) is 4.28. The molecule has 0 atom stereocenters. The van der Waals surface area contributed by atoms with Crippen LogP contribution in [0.5, 0.6) is 0 Å². The first-order valence-electron chi connectivity index (χ1n) is 4.42. The first-order chi connectivity index (χ1) is 6.83. The molecule has 4 heteroatoms. The van der Waals surface area contributed by atoms with E-state index in [1.165, 1.54) is 5.56 Å². The van der Waals surface area contributed by atoms with Crippen LogP contribution in [0.4, 0.5) is 4.79 Å². The summed E-state index contributed by atoms with van der Waals surface area (Å²) >= 11 is 1.10. The van der Waals surface area contributed by atoms with Gasteiger partial charge in [-0.15, -0.1) is 0 Å². The quantitative estimate of drug-likeness (QED) is 0.566. The Morgan fingerprint density at radius 3 is 3.14 bits per heavy atom. The fourth-order valence-electron chi connectivity index (χ4n) is 1.04. The van der Waals surface area contributed by atoms with Gasteiger partial charge < -0.3 is 4.74 Å². The molecule has 0 bridgehead atoms. The third-order valence-electron chi connectivity index (χ3n) is 1.72. The molecule has 1 aromatic rings. The fraction of sp³-hybridized carbons (Fsp3) is 0.400. The van der Waals surface area contributed by atoms with Gasteiger partial charge in [0.2, 0.25) is 0 Å². The minimum atomic E-state index is -0.212. The van der Waals surface area contributed by atoms with E-state index in [1.54, 1.807) is 12.5 Å². The molecule has 0 saturated heterocycles. The van der Waals surface area contributed by atoms with Gasteiger partial charge in [0.15, 0.2) is 0 Å². The van der Waals surface area contributed by atoms with E-state index in [0.29, 0.717) is 6.61 Å². The maximum atomic E-state index is 10.8. The maximum Gasteiger partial charge on any atom is 0.367 e. The minimum Gasteiger partial charge on any atom is -0.458 e. The van der Waals surface area contributed by atoms with E-state index in [1.807, 2.05) is 18.3 Å². The second kappa shape index (κ2) is 6.43. The number of ether oxygens (including phenoxy) is 1. The molecule has 0 aliphatic rings. The predicted molar refractivity (Wildman–Crippen MR) is 57.4 cm³/mol. The number of hydrogen-bond donors (Lipinski definition) is 0. The van der Waals surface area contributed by atoms with Crippen LogP contribution in [0, 0.1) is 0 Å². The fourth-order valence-corrected chi connectivity index (χ4v) is 1.24. The van der Waals surface area contributed by atoms with Gasteiger partial charge in [0, 0.05) is 12.4 Å². The number of nitrogens with zero attached hydrogens (tertiary/aromatic N) is 1. The molecule has 0 amide bonds. The van der Waals surface area contributed by atoms with Gasteiger partial charge in [-0.25, -0.2) is 4.79 Å². The molecule has 0 spiro atoms. The molecule has 0 aromatic carbocycles. The van der Waals surface area contributed by atoms with Crippen LogP contribution in [0.3, 0.4) is 0 Å². The molecule has 1 aromatic heterocycles. The van der Waals surface area contributed by atoms with Crippen LogP contribution in [0.25, 0.3) is 0 Å². The van der Waals surface area contributed by atoms with Crippen molar-refractivity contribution in [2.75, 3.05) is 12.9 Å². The van der Waals surface area contributed by atoms with Crippen molar-refractivity contribution in [3.05, 3.63) is 30.1 Å². The lowest BCUT2D eigenvalue weighted by atomic mass is 10.2. The van der Waals surface area contributed by atoms with Crippen LogP contribution in [0.15, 0.2) is 24.5 Å². The van der Waals surface area contributed by atoms with Gasteiger partial charge in [0.05, 0.1) is 6.61 Å². The zero-order valence-electron chi connectivity index (χ0n) is 8.10. The molecule has 0 saturated carbocycles. The molecule has 0 N–H and O–H groups in total. The lowest BCUT2D eigenvalue weighted by Crippen LogP contribution is -2.00. The number of thioether (sulfide) groups is 1. The van der Waals surface area contributed by atoms with E-state index < -0.39 is 0 Å². The summed E-state index contributed by atoms with van der Waals surface area (Å²) in [5.74, 6) is 0. The van der Waals surface area contributed by atoms with Crippen molar-refractivity contribution in [3.8, 4) is 0 Å². The van der Waals surface area contributed by atoms with Crippen molar-refractivity contribution in [2.45, 2.75) is 12.8 Å². The number of pyridine rings is 1.